The molecule has 0 aliphatic heterocycles. The van der Waals surface area contributed by atoms with Crippen LogP contribution in [0.3, 0.4) is 0 Å². The van der Waals surface area contributed by atoms with Gasteiger partial charge in [-0.3, -0.25) is 9.35 Å². The van der Waals surface area contributed by atoms with E-state index in [4.69, 9.17) is 14.0 Å². The first-order valence-corrected chi connectivity index (χ1v) is 8.32. The molecule has 0 saturated heterocycles. The molecule has 10 heteroatoms. The van der Waals surface area contributed by atoms with Gasteiger partial charge in [0, 0.05) is 11.1 Å². The van der Waals surface area contributed by atoms with E-state index in [-0.39, 0.29) is 11.1 Å². The third kappa shape index (κ3) is 9.74. The summed E-state index contributed by atoms with van der Waals surface area (Å²) >= 11 is 0. The molecule has 0 aromatic carbocycles. The normalized spacial score (nSPS) is 10.8. The van der Waals surface area contributed by atoms with Crippen molar-refractivity contribution in [2.75, 3.05) is 25.6 Å². The molecule has 0 heterocycles. The Labute approximate surface area is 140 Å². The Kier molecular flexibility index (Phi) is 8.93. The Morgan fingerprint density at radius 3 is 1.71 bits per heavy atom. The standard InChI is InChI=1S/C14H20O9S/c1-9(2)12(15)22-7-11(8-23-13(16)10(3)4)14(17)21-5-6-24(18,19)20/h11H,1,3,5-8H2,2,4H3,(H,18,19,20). The van der Waals surface area contributed by atoms with Gasteiger partial charge in [0.15, 0.2) is 0 Å². The monoisotopic (exact) mass is 364 g/mol. The van der Waals surface area contributed by atoms with Gasteiger partial charge in [0.25, 0.3) is 10.1 Å². The molecule has 9 nitrogen and oxygen atoms in total. The van der Waals surface area contributed by atoms with E-state index in [1.807, 2.05) is 0 Å². The van der Waals surface area contributed by atoms with Crippen molar-refractivity contribution in [1.82, 2.24) is 0 Å². The molecule has 0 aliphatic carbocycles. The number of carbonyl (C=O) groups is 3. The molecule has 136 valence electrons. The molecule has 0 bridgehead atoms. The second kappa shape index (κ2) is 9.83. The molecule has 0 aromatic heterocycles. The smallest absolute Gasteiger partial charge is 0.333 e. The minimum absolute atomic E-state index is 0.104. The maximum Gasteiger partial charge on any atom is 0.333 e. The molecular formula is C14H20O9S. The van der Waals surface area contributed by atoms with Crippen LogP contribution in [0.2, 0.25) is 0 Å². The van der Waals surface area contributed by atoms with Gasteiger partial charge in [-0.15, -0.1) is 0 Å². The van der Waals surface area contributed by atoms with Gasteiger partial charge >= 0.3 is 17.9 Å². The molecule has 0 spiro atoms. The third-order valence-corrected chi connectivity index (χ3v) is 3.13. The van der Waals surface area contributed by atoms with Gasteiger partial charge in [0.1, 0.15) is 31.5 Å². The Morgan fingerprint density at radius 1 is 0.958 bits per heavy atom. The second-order valence-corrected chi connectivity index (χ2v) is 6.48. The highest BCUT2D eigenvalue weighted by molar-refractivity contribution is 7.85. The zero-order chi connectivity index (χ0) is 18.9. The first-order chi connectivity index (χ1) is 10.9. The fraction of sp³-hybridized carbons (Fsp3) is 0.500. The van der Waals surface area contributed by atoms with E-state index in [2.05, 4.69) is 17.9 Å². The molecule has 0 atom stereocenters. The molecule has 0 aromatic rings. The summed E-state index contributed by atoms with van der Waals surface area (Å²) in [6.07, 6.45) is 0. The first kappa shape index (κ1) is 21.8. The summed E-state index contributed by atoms with van der Waals surface area (Å²) in [6.45, 7) is 8.03. The van der Waals surface area contributed by atoms with Gasteiger partial charge in [-0.2, -0.15) is 8.42 Å². The zero-order valence-corrected chi connectivity index (χ0v) is 14.3. The van der Waals surface area contributed by atoms with E-state index in [0.717, 1.165) is 0 Å². The van der Waals surface area contributed by atoms with Gasteiger partial charge < -0.3 is 14.2 Å². The van der Waals surface area contributed by atoms with Crippen LogP contribution in [0.25, 0.3) is 0 Å². The zero-order valence-electron chi connectivity index (χ0n) is 13.4. The van der Waals surface area contributed by atoms with Crippen LogP contribution in [-0.4, -0.2) is 56.5 Å². The first-order valence-electron chi connectivity index (χ1n) is 6.71. The maximum absolute atomic E-state index is 11.9. The Balaban J connectivity index is 4.72. The van der Waals surface area contributed by atoms with E-state index in [9.17, 15) is 22.8 Å². The van der Waals surface area contributed by atoms with Crippen molar-refractivity contribution < 1.29 is 41.6 Å². The highest BCUT2D eigenvalue weighted by Gasteiger charge is 2.25. The molecule has 0 unspecified atom stereocenters. The predicted molar refractivity (Wildman–Crippen MR) is 82.4 cm³/mol. The Morgan fingerprint density at radius 2 is 1.38 bits per heavy atom. The molecule has 0 saturated carbocycles. The van der Waals surface area contributed by atoms with Crippen LogP contribution in [0.1, 0.15) is 13.8 Å². The van der Waals surface area contributed by atoms with Crippen LogP contribution >= 0.6 is 0 Å². The van der Waals surface area contributed by atoms with E-state index >= 15 is 0 Å². The minimum atomic E-state index is -4.29. The SMILES string of the molecule is C=C(C)C(=O)OCC(COC(=O)C(=C)C)C(=O)OCCS(=O)(=O)O. The molecule has 0 fully saturated rings. The lowest BCUT2D eigenvalue weighted by Crippen LogP contribution is -2.30. The van der Waals surface area contributed by atoms with Crippen LogP contribution in [0.4, 0.5) is 0 Å². The summed E-state index contributed by atoms with van der Waals surface area (Å²) in [4.78, 5) is 34.6. The lowest BCUT2D eigenvalue weighted by molar-refractivity contribution is -0.157. The number of hydrogen-bond donors (Lipinski definition) is 1. The van der Waals surface area contributed by atoms with Gasteiger partial charge in [-0.25, -0.2) is 9.59 Å². The average molecular weight is 364 g/mol. The lowest BCUT2D eigenvalue weighted by atomic mass is 10.2. The molecule has 0 rings (SSSR count). The van der Waals surface area contributed by atoms with Crippen molar-refractivity contribution in [2.45, 2.75) is 13.8 Å². The minimum Gasteiger partial charge on any atom is -0.464 e. The summed E-state index contributed by atoms with van der Waals surface area (Å²) in [5, 5.41) is 0. The molecule has 0 radical (unpaired) electrons. The molecule has 0 aliphatic rings. The van der Waals surface area contributed by atoms with Gasteiger partial charge in [-0.1, -0.05) is 13.2 Å². The fourth-order valence-electron chi connectivity index (χ4n) is 1.15. The number of ether oxygens (including phenoxy) is 3. The largest absolute Gasteiger partial charge is 0.464 e. The van der Waals surface area contributed by atoms with E-state index < -0.39 is 59.5 Å². The van der Waals surface area contributed by atoms with Crippen molar-refractivity contribution in [1.29, 1.82) is 0 Å². The summed E-state index contributed by atoms with van der Waals surface area (Å²) in [6, 6.07) is 0. The van der Waals surface area contributed by atoms with Crippen molar-refractivity contribution in [3.63, 3.8) is 0 Å². The van der Waals surface area contributed by atoms with Crippen molar-refractivity contribution in [3.8, 4) is 0 Å². The van der Waals surface area contributed by atoms with Crippen molar-refractivity contribution in [2.24, 2.45) is 5.92 Å². The Bertz CT molecular complexity index is 588. The van der Waals surface area contributed by atoms with Crippen molar-refractivity contribution >= 4 is 28.0 Å². The van der Waals surface area contributed by atoms with Gasteiger partial charge in [0.05, 0.1) is 0 Å². The second-order valence-electron chi connectivity index (χ2n) is 4.91. The highest BCUT2D eigenvalue weighted by Crippen LogP contribution is 2.07. The van der Waals surface area contributed by atoms with Gasteiger partial charge in [0.2, 0.25) is 0 Å². The number of esters is 3. The molecule has 0 amide bonds. The van der Waals surface area contributed by atoms with E-state index in [0.29, 0.717) is 0 Å². The molecule has 1 N–H and O–H groups in total. The molecular weight excluding hydrogens is 344 g/mol. The summed E-state index contributed by atoms with van der Waals surface area (Å²) in [7, 11) is -4.29. The van der Waals surface area contributed by atoms with Crippen LogP contribution in [-0.2, 0) is 38.7 Å². The van der Waals surface area contributed by atoms with Crippen LogP contribution in [0, 0.1) is 5.92 Å². The van der Waals surface area contributed by atoms with Crippen molar-refractivity contribution in [3.05, 3.63) is 24.3 Å². The lowest BCUT2D eigenvalue weighted by Gasteiger charge is -2.16. The van der Waals surface area contributed by atoms with Gasteiger partial charge in [-0.05, 0) is 13.8 Å². The van der Waals surface area contributed by atoms with Crippen LogP contribution in [0.5, 0.6) is 0 Å². The topological polar surface area (TPSA) is 133 Å². The highest BCUT2D eigenvalue weighted by atomic mass is 32.2. The number of rotatable bonds is 10. The van der Waals surface area contributed by atoms with Crippen LogP contribution < -0.4 is 0 Å². The summed E-state index contributed by atoms with van der Waals surface area (Å²) in [5.74, 6) is -4.42. The summed E-state index contributed by atoms with van der Waals surface area (Å²) < 4.78 is 44.0. The predicted octanol–water partition coefficient (Wildman–Crippen LogP) is 0.272. The third-order valence-electron chi connectivity index (χ3n) is 2.45. The van der Waals surface area contributed by atoms with E-state index in [1.54, 1.807) is 0 Å². The van der Waals surface area contributed by atoms with Crippen LogP contribution in [0.15, 0.2) is 24.3 Å². The number of carbonyl (C=O) groups excluding carboxylic acids is 3. The quantitative estimate of drug-likeness (QED) is 0.251. The maximum atomic E-state index is 11.9. The number of hydrogen-bond acceptors (Lipinski definition) is 8. The average Bonchev–Trinajstić information content (AvgIpc) is 2.44. The fourth-order valence-corrected chi connectivity index (χ4v) is 1.44. The van der Waals surface area contributed by atoms with E-state index in [1.165, 1.54) is 13.8 Å². The summed E-state index contributed by atoms with van der Waals surface area (Å²) in [5.41, 5.74) is 0.208. The Hall–Kier alpha value is -2.20. The molecule has 24 heavy (non-hydrogen) atoms.